The van der Waals surface area contributed by atoms with E-state index in [1.165, 1.54) is 24.3 Å². The average Bonchev–Trinajstić information content (AvgIpc) is 2.49. The fourth-order valence-corrected chi connectivity index (χ4v) is 4.95. The molecule has 0 aliphatic carbocycles. The van der Waals surface area contributed by atoms with Crippen molar-refractivity contribution in [2.45, 2.75) is 44.2 Å². The van der Waals surface area contributed by atoms with Crippen LogP contribution in [-0.2, 0) is 4.74 Å². The van der Waals surface area contributed by atoms with Crippen molar-refractivity contribution in [3.05, 3.63) is 23.8 Å². The molecule has 2 saturated heterocycles. The van der Waals surface area contributed by atoms with E-state index in [-0.39, 0.29) is 5.60 Å². The molecule has 4 nitrogen and oxygen atoms in total. The summed E-state index contributed by atoms with van der Waals surface area (Å²) in [7, 11) is 2.04. The van der Waals surface area contributed by atoms with Gasteiger partial charge in [0, 0.05) is 12.8 Å². The fourth-order valence-electron chi connectivity index (χ4n) is 3.71. The minimum Gasteiger partial charge on any atom is -0.375 e. The molecule has 0 radical (unpaired) electrons. The number of ether oxygens (including phenoxy) is 1. The first kappa shape index (κ1) is 15.3. The Bertz CT molecular complexity index is 471. The molecule has 1 aromatic heterocycles. The summed E-state index contributed by atoms with van der Waals surface area (Å²) < 4.78 is 6.22. The van der Waals surface area contributed by atoms with E-state index >= 15 is 0 Å². The third kappa shape index (κ3) is 3.41. The van der Waals surface area contributed by atoms with Gasteiger partial charge in [0.05, 0.1) is 17.3 Å². The van der Waals surface area contributed by atoms with Crippen LogP contribution in [0, 0.1) is 12.8 Å². The molecule has 5 heteroatoms. The second kappa shape index (κ2) is 6.63. The maximum absolute atomic E-state index is 6.22. The van der Waals surface area contributed by atoms with Gasteiger partial charge in [0.2, 0.25) is 0 Å². The minimum atomic E-state index is 0.130. The van der Waals surface area contributed by atoms with Crippen LogP contribution >= 0.6 is 11.8 Å². The number of rotatable bonds is 3. The van der Waals surface area contributed by atoms with Crippen LogP contribution < -0.4 is 5.32 Å². The van der Waals surface area contributed by atoms with Crippen molar-refractivity contribution in [3.8, 4) is 0 Å². The highest BCUT2D eigenvalue weighted by Crippen LogP contribution is 2.43. The third-order valence-electron chi connectivity index (χ3n) is 4.83. The molecule has 21 heavy (non-hydrogen) atoms. The van der Waals surface area contributed by atoms with Crippen LogP contribution in [0.15, 0.2) is 12.3 Å². The van der Waals surface area contributed by atoms with Gasteiger partial charge in [-0.15, -0.1) is 0 Å². The second-order valence-electron chi connectivity index (χ2n) is 6.19. The number of nitrogens with zero attached hydrogens (tertiary/aromatic N) is 2. The van der Waals surface area contributed by atoms with Crippen molar-refractivity contribution in [1.82, 2.24) is 15.3 Å². The molecule has 2 unspecified atom stereocenters. The molecule has 3 heterocycles. The van der Waals surface area contributed by atoms with Gasteiger partial charge >= 0.3 is 0 Å². The minimum absolute atomic E-state index is 0.130. The van der Waals surface area contributed by atoms with Crippen molar-refractivity contribution in [2.75, 3.05) is 25.2 Å². The standard InChI is InChI=1S/C16H25N3OS/c1-12-18-7-3-14(19-12)15(17-2)13-4-8-20-16(11-13)5-9-21-10-6-16/h3,7,13,15,17H,4-6,8-11H2,1-2H3. The molecule has 2 aliphatic heterocycles. The number of nitrogens with one attached hydrogen (secondary N) is 1. The van der Waals surface area contributed by atoms with E-state index < -0.39 is 0 Å². The first-order valence-electron chi connectivity index (χ1n) is 7.91. The van der Waals surface area contributed by atoms with Gasteiger partial charge in [0.1, 0.15) is 5.82 Å². The van der Waals surface area contributed by atoms with Crippen LogP contribution in [0.25, 0.3) is 0 Å². The normalized spacial score (nSPS) is 26.7. The Labute approximate surface area is 131 Å². The molecule has 1 N–H and O–H groups in total. The average molecular weight is 307 g/mol. The second-order valence-corrected chi connectivity index (χ2v) is 7.42. The van der Waals surface area contributed by atoms with E-state index in [9.17, 15) is 0 Å². The Morgan fingerprint density at radius 3 is 2.95 bits per heavy atom. The lowest BCUT2D eigenvalue weighted by Crippen LogP contribution is -2.45. The molecule has 0 saturated carbocycles. The Balaban J connectivity index is 1.77. The highest BCUT2D eigenvalue weighted by atomic mass is 32.2. The van der Waals surface area contributed by atoms with Gasteiger partial charge in [-0.25, -0.2) is 9.97 Å². The van der Waals surface area contributed by atoms with Crippen LogP contribution in [0.5, 0.6) is 0 Å². The highest BCUT2D eigenvalue weighted by molar-refractivity contribution is 7.99. The molecule has 1 aromatic rings. The van der Waals surface area contributed by atoms with Crippen molar-refractivity contribution in [2.24, 2.45) is 5.92 Å². The predicted molar refractivity (Wildman–Crippen MR) is 86.5 cm³/mol. The monoisotopic (exact) mass is 307 g/mol. The summed E-state index contributed by atoms with van der Waals surface area (Å²) in [6.07, 6.45) is 6.54. The Morgan fingerprint density at radius 1 is 1.43 bits per heavy atom. The molecule has 0 aromatic carbocycles. The van der Waals surface area contributed by atoms with E-state index in [4.69, 9.17) is 4.74 Å². The van der Waals surface area contributed by atoms with Crippen LogP contribution in [0.3, 0.4) is 0 Å². The molecule has 2 fully saturated rings. The molecule has 2 aliphatic rings. The van der Waals surface area contributed by atoms with Gasteiger partial charge in [-0.1, -0.05) is 0 Å². The van der Waals surface area contributed by atoms with Gasteiger partial charge in [0.15, 0.2) is 0 Å². The first-order valence-corrected chi connectivity index (χ1v) is 9.06. The first-order chi connectivity index (χ1) is 10.2. The fraction of sp³-hybridized carbons (Fsp3) is 0.750. The molecule has 3 rings (SSSR count). The maximum Gasteiger partial charge on any atom is 0.125 e. The summed E-state index contributed by atoms with van der Waals surface area (Å²) in [6, 6.07) is 2.36. The van der Waals surface area contributed by atoms with E-state index in [2.05, 4.69) is 27.0 Å². The number of hydrogen-bond donors (Lipinski definition) is 1. The summed E-state index contributed by atoms with van der Waals surface area (Å²) >= 11 is 2.06. The molecule has 1 spiro atoms. The molecule has 116 valence electrons. The smallest absolute Gasteiger partial charge is 0.125 e. The van der Waals surface area contributed by atoms with Gasteiger partial charge in [-0.05, 0) is 63.1 Å². The molecule has 0 amide bonds. The van der Waals surface area contributed by atoms with Crippen LogP contribution in [0.4, 0.5) is 0 Å². The van der Waals surface area contributed by atoms with Crippen LogP contribution in [-0.4, -0.2) is 40.7 Å². The number of aryl methyl sites for hydroxylation is 1. The Morgan fingerprint density at radius 2 is 2.24 bits per heavy atom. The molecular formula is C16H25N3OS. The number of thioether (sulfide) groups is 1. The Hall–Kier alpha value is -0.650. The van der Waals surface area contributed by atoms with Gasteiger partial charge in [-0.3, -0.25) is 0 Å². The quantitative estimate of drug-likeness (QED) is 0.930. The summed E-state index contributed by atoms with van der Waals surface area (Å²) in [5.74, 6) is 3.93. The van der Waals surface area contributed by atoms with E-state index in [0.717, 1.165) is 31.0 Å². The zero-order valence-corrected chi connectivity index (χ0v) is 13.8. The number of hydrogen-bond acceptors (Lipinski definition) is 5. The maximum atomic E-state index is 6.22. The van der Waals surface area contributed by atoms with Crippen LogP contribution in [0.1, 0.15) is 43.2 Å². The SMILES string of the molecule is CNC(c1ccnc(C)n1)C1CCOC2(CCSCC2)C1. The van der Waals surface area contributed by atoms with Gasteiger partial charge < -0.3 is 10.1 Å². The summed E-state index contributed by atoms with van der Waals surface area (Å²) in [5, 5.41) is 3.49. The number of aromatic nitrogens is 2. The zero-order chi connectivity index (χ0) is 14.7. The largest absolute Gasteiger partial charge is 0.375 e. The lowest BCUT2D eigenvalue weighted by molar-refractivity contribution is -0.107. The lowest BCUT2D eigenvalue weighted by Gasteiger charge is -2.45. The van der Waals surface area contributed by atoms with E-state index in [1.807, 2.05) is 26.2 Å². The molecular weight excluding hydrogens is 282 g/mol. The molecule has 0 bridgehead atoms. The third-order valence-corrected chi connectivity index (χ3v) is 5.82. The summed E-state index contributed by atoms with van der Waals surface area (Å²) in [4.78, 5) is 8.85. The van der Waals surface area contributed by atoms with Crippen LogP contribution in [0.2, 0.25) is 0 Å². The predicted octanol–water partition coefficient (Wildman–Crippen LogP) is 2.74. The summed E-state index contributed by atoms with van der Waals surface area (Å²) in [6.45, 7) is 2.84. The van der Waals surface area contributed by atoms with Gasteiger partial charge in [0.25, 0.3) is 0 Å². The highest BCUT2D eigenvalue weighted by Gasteiger charge is 2.41. The van der Waals surface area contributed by atoms with E-state index in [0.29, 0.717) is 12.0 Å². The zero-order valence-electron chi connectivity index (χ0n) is 13.0. The van der Waals surface area contributed by atoms with Crippen molar-refractivity contribution in [1.29, 1.82) is 0 Å². The molecule has 2 atom stereocenters. The van der Waals surface area contributed by atoms with Crippen molar-refractivity contribution < 1.29 is 4.74 Å². The van der Waals surface area contributed by atoms with E-state index in [1.54, 1.807) is 0 Å². The summed E-state index contributed by atoms with van der Waals surface area (Å²) in [5.41, 5.74) is 1.25. The Kier molecular flexibility index (Phi) is 4.82. The van der Waals surface area contributed by atoms with Gasteiger partial charge in [-0.2, -0.15) is 11.8 Å². The lowest BCUT2D eigenvalue weighted by atomic mass is 9.78. The van der Waals surface area contributed by atoms with Crippen molar-refractivity contribution in [3.63, 3.8) is 0 Å². The topological polar surface area (TPSA) is 47.0 Å². The van der Waals surface area contributed by atoms with Crippen molar-refractivity contribution >= 4 is 11.8 Å².